The largest absolute Gasteiger partial charge is 0.497 e. The lowest BCUT2D eigenvalue weighted by molar-refractivity contribution is -0.131. The number of amides is 1. The zero-order valence-corrected chi connectivity index (χ0v) is 16.2. The highest BCUT2D eigenvalue weighted by molar-refractivity contribution is 7.92. The number of carbonyl (C=O) groups is 1. The molecule has 0 aromatic heterocycles. The van der Waals surface area contributed by atoms with E-state index in [0.29, 0.717) is 18.0 Å². The molecule has 0 unspecified atom stereocenters. The predicted molar refractivity (Wildman–Crippen MR) is 103 cm³/mol. The number of benzene rings is 2. The number of sulfonamides is 1. The maximum atomic E-state index is 12.9. The average Bonchev–Trinajstić information content (AvgIpc) is 2.61. The molecule has 26 heavy (non-hydrogen) atoms. The smallest absolute Gasteiger partial charge is 0.246 e. The van der Waals surface area contributed by atoms with E-state index in [2.05, 4.69) is 0 Å². The van der Waals surface area contributed by atoms with E-state index in [1.807, 2.05) is 30.3 Å². The first-order chi connectivity index (χ1) is 12.2. The van der Waals surface area contributed by atoms with Crippen LogP contribution in [0.1, 0.15) is 12.5 Å². The third kappa shape index (κ3) is 4.76. The van der Waals surface area contributed by atoms with Gasteiger partial charge < -0.3 is 9.64 Å². The second-order valence-corrected chi connectivity index (χ2v) is 7.98. The summed E-state index contributed by atoms with van der Waals surface area (Å²) in [6.45, 7) is 1.99. The van der Waals surface area contributed by atoms with Gasteiger partial charge in [0, 0.05) is 19.7 Å². The molecule has 0 radical (unpaired) electrons. The molecule has 0 spiro atoms. The van der Waals surface area contributed by atoms with Gasteiger partial charge in [-0.15, -0.1) is 0 Å². The first-order valence-electron chi connectivity index (χ1n) is 8.16. The Bertz CT molecular complexity index is 853. The molecule has 1 amide bonds. The molecule has 2 aromatic carbocycles. The van der Waals surface area contributed by atoms with Gasteiger partial charge in [-0.3, -0.25) is 9.10 Å². The van der Waals surface area contributed by atoms with E-state index in [1.165, 1.54) is 12.0 Å². The van der Waals surface area contributed by atoms with E-state index in [0.717, 1.165) is 16.1 Å². The topological polar surface area (TPSA) is 66.9 Å². The maximum absolute atomic E-state index is 12.9. The lowest BCUT2D eigenvalue weighted by Crippen LogP contribution is -2.48. The molecule has 1 atom stereocenters. The van der Waals surface area contributed by atoms with Crippen molar-refractivity contribution in [2.24, 2.45) is 0 Å². The summed E-state index contributed by atoms with van der Waals surface area (Å²) >= 11 is 0. The zero-order chi connectivity index (χ0) is 19.3. The van der Waals surface area contributed by atoms with Gasteiger partial charge in [0.25, 0.3) is 0 Å². The molecule has 6 nitrogen and oxygen atoms in total. The van der Waals surface area contributed by atoms with Crippen LogP contribution in [-0.2, 0) is 21.4 Å². The minimum absolute atomic E-state index is 0.290. The van der Waals surface area contributed by atoms with Gasteiger partial charge >= 0.3 is 0 Å². The van der Waals surface area contributed by atoms with E-state index in [4.69, 9.17) is 4.74 Å². The van der Waals surface area contributed by atoms with Crippen molar-refractivity contribution in [3.63, 3.8) is 0 Å². The SMILES string of the molecule is COc1cccc(N([C@H](C)C(=O)N(C)Cc2ccccc2)S(C)(=O)=O)c1. The zero-order valence-electron chi connectivity index (χ0n) is 15.4. The molecule has 7 heteroatoms. The molecular weight excluding hydrogens is 352 g/mol. The molecule has 0 saturated carbocycles. The van der Waals surface area contributed by atoms with E-state index in [-0.39, 0.29) is 5.91 Å². The number of methoxy groups -OCH3 is 1. The highest BCUT2D eigenvalue weighted by Crippen LogP contribution is 2.26. The van der Waals surface area contributed by atoms with E-state index >= 15 is 0 Å². The van der Waals surface area contributed by atoms with Crippen molar-refractivity contribution < 1.29 is 17.9 Å². The van der Waals surface area contributed by atoms with Crippen LogP contribution in [0.2, 0.25) is 0 Å². The normalized spacial score (nSPS) is 12.3. The minimum atomic E-state index is -3.66. The first kappa shape index (κ1) is 19.8. The van der Waals surface area contributed by atoms with Crippen molar-refractivity contribution in [1.29, 1.82) is 0 Å². The van der Waals surface area contributed by atoms with Crippen LogP contribution in [0, 0.1) is 0 Å². The monoisotopic (exact) mass is 376 g/mol. The summed E-state index contributed by atoms with van der Waals surface area (Å²) in [7, 11) is -0.493. The summed E-state index contributed by atoms with van der Waals surface area (Å²) in [5.74, 6) is 0.232. The average molecular weight is 376 g/mol. The van der Waals surface area contributed by atoms with Gasteiger partial charge in [-0.25, -0.2) is 8.42 Å². The van der Waals surface area contributed by atoms with Crippen LogP contribution >= 0.6 is 0 Å². The predicted octanol–water partition coefficient (Wildman–Crippen LogP) is 2.51. The van der Waals surface area contributed by atoms with Gasteiger partial charge in [0.1, 0.15) is 11.8 Å². The fourth-order valence-electron chi connectivity index (χ4n) is 2.80. The van der Waals surface area contributed by atoms with Crippen molar-refractivity contribution in [3.8, 4) is 5.75 Å². The molecular formula is C19H24N2O4S. The highest BCUT2D eigenvalue weighted by Gasteiger charge is 2.31. The van der Waals surface area contributed by atoms with Gasteiger partial charge in [-0.2, -0.15) is 0 Å². The van der Waals surface area contributed by atoms with Crippen LogP contribution in [0.15, 0.2) is 54.6 Å². The van der Waals surface area contributed by atoms with Gasteiger partial charge in [0.2, 0.25) is 15.9 Å². The van der Waals surface area contributed by atoms with Gasteiger partial charge in [-0.1, -0.05) is 36.4 Å². The third-order valence-corrected chi connectivity index (χ3v) is 5.25. The molecule has 2 aromatic rings. The second kappa shape index (κ2) is 8.23. The van der Waals surface area contributed by atoms with E-state index in [1.54, 1.807) is 38.2 Å². The Morgan fingerprint density at radius 3 is 2.35 bits per heavy atom. The number of carbonyl (C=O) groups excluding carboxylic acids is 1. The molecule has 0 aliphatic carbocycles. The lowest BCUT2D eigenvalue weighted by Gasteiger charge is -2.31. The Labute approximate surface area is 155 Å². The standard InChI is InChI=1S/C19H24N2O4S/c1-15(19(22)20(2)14-16-9-6-5-7-10-16)21(26(4,23)24)17-11-8-12-18(13-17)25-3/h5-13,15H,14H2,1-4H3/t15-/m1/s1. The maximum Gasteiger partial charge on any atom is 0.246 e. The lowest BCUT2D eigenvalue weighted by atomic mass is 10.2. The highest BCUT2D eigenvalue weighted by atomic mass is 32.2. The summed E-state index contributed by atoms with van der Waals surface area (Å²) in [5.41, 5.74) is 1.36. The minimum Gasteiger partial charge on any atom is -0.497 e. The summed E-state index contributed by atoms with van der Waals surface area (Å²) in [6, 6.07) is 15.3. The number of hydrogen-bond acceptors (Lipinski definition) is 4. The molecule has 0 heterocycles. The van der Waals surface area contributed by atoms with E-state index in [9.17, 15) is 13.2 Å². The van der Waals surface area contributed by atoms with Crippen LogP contribution in [0.3, 0.4) is 0 Å². The van der Waals surface area contributed by atoms with Crippen molar-refractivity contribution in [2.75, 3.05) is 24.7 Å². The van der Waals surface area contributed by atoms with Crippen LogP contribution in [0.5, 0.6) is 5.75 Å². The van der Waals surface area contributed by atoms with Gasteiger partial charge in [-0.05, 0) is 24.6 Å². The number of likely N-dealkylation sites (N-methyl/N-ethyl adjacent to an activating group) is 1. The Morgan fingerprint density at radius 2 is 1.77 bits per heavy atom. The Kier molecular flexibility index (Phi) is 6.26. The number of nitrogens with zero attached hydrogens (tertiary/aromatic N) is 2. The van der Waals surface area contributed by atoms with Crippen molar-refractivity contribution in [3.05, 3.63) is 60.2 Å². The van der Waals surface area contributed by atoms with Gasteiger partial charge in [0.15, 0.2) is 0 Å². The van der Waals surface area contributed by atoms with Crippen molar-refractivity contribution in [2.45, 2.75) is 19.5 Å². The fraction of sp³-hybridized carbons (Fsp3) is 0.316. The summed E-state index contributed by atoms with van der Waals surface area (Å²) < 4.78 is 31.0. The quantitative estimate of drug-likeness (QED) is 0.745. The number of ether oxygens (including phenoxy) is 1. The summed E-state index contributed by atoms with van der Waals surface area (Å²) in [5, 5.41) is 0. The number of hydrogen-bond donors (Lipinski definition) is 0. The Hall–Kier alpha value is -2.54. The van der Waals surface area contributed by atoms with Gasteiger partial charge in [0.05, 0.1) is 19.1 Å². The molecule has 0 saturated heterocycles. The number of anilines is 1. The molecule has 2 rings (SSSR count). The first-order valence-corrected chi connectivity index (χ1v) is 10.0. The Morgan fingerprint density at radius 1 is 1.12 bits per heavy atom. The fourth-order valence-corrected chi connectivity index (χ4v) is 3.97. The third-order valence-electron chi connectivity index (χ3n) is 4.01. The van der Waals surface area contributed by atoms with Crippen LogP contribution in [0.25, 0.3) is 0 Å². The molecule has 0 fully saturated rings. The molecule has 0 aliphatic heterocycles. The molecule has 140 valence electrons. The van der Waals surface area contributed by atoms with E-state index < -0.39 is 16.1 Å². The molecule has 0 N–H and O–H groups in total. The van der Waals surface area contributed by atoms with Crippen molar-refractivity contribution >= 4 is 21.6 Å². The summed E-state index contributed by atoms with van der Waals surface area (Å²) in [6.07, 6.45) is 1.09. The second-order valence-electron chi connectivity index (χ2n) is 6.12. The van der Waals surface area contributed by atoms with Crippen LogP contribution in [-0.4, -0.2) is 45.7 Å². The van der Waals surface area contributed by atoms with Crippen LogP contribution < -0.4 is 9.04 Å². The number of rotatable bonds is 7. The molecule has 0 bridgehead atoms. The van der Waals surface area contributed by atoms with Crippen LogP contribution in [0.4, 0.5) is 5.69 Å². The van der Waals surface area contributed by atoms with Crippen molar-refractivity contribution in [1.82, 2.24) is 4.90 Å². The Balaban J connectivity index is 2.28. The summed E-state index contributed by atoms with van der Waals surface area (Å²) in [4.78, 5) is 14.4. The molecule has 0 aliphatic rings.